The number of aryl methyl sites for hydroxylation is 1. The number of benzene rings is 1. The maximum atomic E-state index is 11.1. The first-order valence-corrected chi connectivity index (χ1v) is 6.95. The van der Waals surface area contributed by atoms with Crippen molar-refractivity contribution in [1.29, 1.82) is 0 Å². The summed E-state index contributed by atoms with van der Waals surface area (Å²) in [4.78, 5) is 13.6. The lowest BCUT2D eigenvalue weighted by atomic mass is 9.99. The lowest BCUT2D eigenvalue weighted by Crippen LogP contribution is -2.43. The number of rotatable bonds is 4. The van der Waals surface area contributed by atoms with Crippen molar-refractivity contribution in [3.8, 4) is 0 Å². The minimum atomic E-state index is -0.368. The number of hydrogen-bond donors (Lipinski definition) is 2. The molecule has 0 spiro atoms. The Kier molecular flexibility index (Phi) is 4.56. The zero-order valence-electron chi connectivity index (χ0n) is 11.6. The van der Waals surface area contributed by atoms with Crippen LogP contribution < -0.4 is 11.5 Å². The third kappa shape index (κ3) is 3.33. The van der Waals surface area contributed by atoms with E-state index in [-0.39, 0.29) is 5.91 Å². The molecule has 2 rings (SSSR count). The summed E-state index contributed by atoms with van der Waals surface area (Å²) in [5.74, 6) is -0.368. The zero-order chi connectivity index (χ0) is 13.8. The van der Waals surface area contributed by atoms with E-state index in [1.807, 2.05) is 25.1 Å². The molecule has 19 heavy (non-hydrogen) atoms. The largest absolute Gasteiger partial charge is 0.366 e. The van der Waals surface area contributed by atoms with Crippen molar-refractivity contribution in [2.24, 2.45) is 11.5 Å². The summed E-state index contributed by atoms with van der Waals surface area (Å²) in [5, 5.41) is 0. The molecule has 1 aliphatic rings. The van der Waals surface area contributed by atoms with Crippen molar-refractivity contribution in [2.45, 2.75) is 38.8 Å². The van der Waals surface area contributed by atoms with Crippen molar-refractivity contribution in [3.63, 3.8) is 0 Å². The average Bonchev–Trinajstić information content (AvgIpc) is 2.41. The average molecular weight is 261 g/mol. The second kappa shape index (κ2) is 6.17. The fourth-order valence-corrected chi connectivity index (χ4v) is 2.78. The van der Waals surface area contributed by atoms with E-state index >= 15 is 0 Å². The highest BCUT2D eigenvalue weighted by Crippen LogP contribution is 2.21. The molecule has 0 aliphatic carbocycles. The van der Waals surface area contributed by atoms with E-state index in [0.717, 1.165) is 25.2 Å². The first-order valence-electron chi connectivity index (χ1n) is 6.95. The molecule has 0 saturated carbocycles. The summed E-state index contributed by atoms with van der Waals surface area (Å²) in [6, 6.07) is 6.19. The van der Waals surface area contributed by atoms with Crippen molar-refractivity contribution < 1.29 is 4.79 Å². The van der Waals surface area contributed by atoms with Gasteiger partial charge in [-0.1, -0.05) is 12.5 Å². The minimum absolute atomic E-state index is 0.368. The van der Waals surface area contributed by atoms with Crippen molar-refractivity contribution in [2.75, 3.05) is 13.1 Å². The molecule has 1 aliphatic heterocycles. The molecule has 1 atom stereocenters. The summed E-state index contributed by atoms with van der Waals surface area (Å²) >= 11 is 0. The molecule has 104 valence electrons. The monoisotopic (exact) mass is 261 g/mol. The van der Waals surface area contributed by atoms with Gasteiger partial charge in [0.2, 0.25) is 5.91 Å². The highest BCUT2D eigenvalue weighted by Gasteiger charge is 2.21. The number of likely N-dealkylation sites (tertiary alicyclic amines) is 1. The van der Waals surface area contributed by atoms with Crippen LogP contribution in [-0.2, 0) is 6.54 Å². The highest BCUT2D eigenvalue weighted by atomic mass is 16.1. The number of nitrogens with two attached hydrogens (primary N) is 2. The van der Waals surface area contributed by atoms with Gasteiger partial charge < -0.3 is 11.5 Å². The fourth-order valence-electron chi connectivity index (χ4n) is 2.78. The van der Waals surface area contributed by atoms with Crippen LogP contribution in [0.1, 0.15) is 40.7 Å². The molecular weight excluding hydrogens is 238 g/mol. The normalized spacial score (nSPS) is 20.4. The third-order valence-electron chi connectivity index (χ3n) is 4.02. The van der Waals surface area contributed by atoms with E-state index in [1.165, 1.54) is 24.8 Å². The molecule has 0 aromatic heterocycles. The van der Waals surface area contributed by atoms with Crippen LogP contribution in [0, 0.1) is 6.92 Å². The molecule has 1 amide bonds. The Balaban J connectivity index is 2.11. The molecule has 1 aromatic rings. The molecule has 4 N–H and O–H groups in total. The number of carbonyl (C=O) groups excluding carboxylic acids is 1. The second-order valence-electron chi connectivity index (χ2n) is 5.36. The topological polar surface area (TPSA) is 72.4 Å². The van der Waals surface area contributed by atoms with Crippen LogP contribution in [0.4, 0.5) is 0 Å². The number of nitrogens with zero attached hydrogens (tertiary/aromatic N) is 1. The smallest absolute Gasteiger partial charge is 0.248 e. The Morgan fingerprint density at radius 3 is 2.84 bits per heavy atom. The van der Waals surface area contributed by atoms with Gasteiger partial charge in [-0.15, -0.1) is 0 Å². The van der Waals surface area contributed by atoms with Crippen molar-refractivity contribution >= 4 is 5.91 Å². The van der Waals surface area contributed by atoms with Gasteiger partial charge in [-0.2, -0.15) is 0 Å². The van der Waals surface area contributed by atoms with E-state index in [2.05, 4.69) is 4.90 Å². The number of primary amides is 1. The van der Waals surface area contributed by atoms with Gasteiger partial charge in [-0.05, 0) is 49.6 Å². The van der Waals surface area contributed by atoms with Gasteiger partial charge in [0.05, 0.1) is 0 Å². The van der Waals surface area contributed by atoms with E-state index in [0.29, 0.717) is 11.6 Å². The zero-order valence-corrected chi connectivity index (χ0v) is 11.6. The van der Waals surface area contributed by atoms with E-state index in [1.54, 1.807) is 0 Å². The second-order valence-corrected chi connectivity index (χ2v) is 5.36. The van der Waals surface area contributed by atoms with Gasteiger partial charge in [0.15, 0.2) is 0 Å². The molecule has 1 saturated heterocycles. The third-order valence-corrected chi connectivity index (χ3v) is 4.02. The quantitative estimate of drug-likeness (QED) is 0.860. The Morgan fingerprint density at radius 1 is 1.42 bits per heavy atom. The molecule has 1 unspecified atom stereocenters. The molecule has 4 heteroatoms. The number of hydrogen-bond acceptors (Lipinski definition) is 3. The Bertz CT molecular complexity index is 459. The summed E-state index contributed by atoms with van der Waals surface area (Å²) in [5.41, 5.74) is 14.1. The van der Waals surface area contributed by atoms with Crippen LogP contribution in [0.15, 0.2) is 18.2 Å². The maximum absolute atomic E-state index is 11.1. The SMILES string of the molecule is Cc1cc(C(N)=O)ccc1CN1CCCCC1CN. The first-order chi connectivity index (χ1) is 9.11. The predicted molar refractivity (Wildman–Crippen MR) is 76.8 cm³/mol. The fraction of sp³-hybridized carbons (Fsp3) is 0.533. The summed E-state index contributed by atoms with van der Waals surface area (Å²) in [6.45, 7) is 4.77. The van der Waals surface area contributed by atoms with Gasteiger partial charge in [0.1, 0.15) is 0 Å². The maximum Gasteiger partial charge on any atom is 0.248 e. The van der Waals surface area contributed by atoms with Crippen molar-refractivity contribution in [1.82, 2.24) is 4.90 Å². The molecule has 1 fully saturated rings. The molecule has 4 nitrogen and oxygen atoms in total. The summed E-state index contributed by atoms with van der Waals surface area (Å²) in [6.07, 6.45) is 3.71. The van der Waals surface area contributed by atoms with Crippen LogP contribution in [-0.4, -0.2) is 29.9 Å². The van der Waals surface area contributed by atoms with E-state index in [9.17, 15) is 4.79 Å². The number of carbonyl (C=O) groups is 1. The van der Waals surface area contributed by atoms with E-state index < -0.39 is 0 Å². The van der Waals surface area contributed by atoms with Gasteiger partial charge in [0, 0.05) is 24.7 Å². The standard InChI is InChI=1S/C15H23N3O/c1-11-8-12(15(17)19)5-6-13(11)10-18-7-3-2-4-14(18)9-16/h5-6,8,14H,2-4,7,9-10,16H2,1H3,(H2,17,19). The molecule has 0 radical (unpaired) electrons. The van der Waals surface area contributed by atoms with Gasteiger partial charge in [0.25, 0.3) is 0 Å². The molecule has 1 aromatic carbocycles. The first kappa shape index (κ1) is 14.0. The predicted octanol–water partition coefficient (Wildman–Crippen LogP) is 1.41. The Morgan fingerprint density at radius 2 is 2.21 bits per heavy atom. The van der Waals surface area contributed by atoms with Crippen molar-refractivity contribution in [3.05, 3.63) is 34.9 Å². The molecule has 0 bridgehead atoms. The Labute approximate surface area is 114 Å². The molecule has 1 heterocycles. The van der Waals surface area contributed by atoms with Gasteiger partial charge in [-0.3, -0.25) is 9.69 Å². The van der Waals surface area contributed by atoms with Crippen LogP contribution in [0.5, 0.6) is 0 Å². The van der Waals surface area contributed by atoms with Crippen LogP contribution >= 0.6 is 0 Å². The van der Waals surface area contributed by atoms with Crippen LogP contribution in [0.3, 0.4) is 0 Å². The van der Waals surface area contributed by atoms with Gasteiger partial charge >= 0.3 is 0 Å². The van der Waals surface area contributed by atoms with Crippen LogP contribution in [0.25, 0.3) is 0 Å². The summed E-state index contributed by atoms with van der Waals surface area (Å²) < 4.78 is 0. The minimum Gasteiger partial charge on any atom is -0.366 e. The molecular formula is C15H23N3O. The van der Waals surface area contributed by atoms with Gasteiger partial charge in [-0.25, -0.2) is 0 Å². The number of piperidine rings is 1. The van der Waals surface area contributed by atoms with Crippen LogP contribution in [0.2, 0.25) is 0 Å². The highest BCUT2D eigenvalue weighted by molar-refractivity contribution is 5.93. The number of amides is 1. The Hall–Kier alpha value is -1.39. The lowest BCUT2D eigenvalue weighted by molar-refractivity contribution is 0.1000. The lowest BCUT2D eigenvalue weighted by Gasteiger charge is -2.35. The van der Waals surface area contributed by atoms with E-state index in [4.69, 9.17) is 11.5 Å². The summed E-state index contributed by atoms with van der Waals surface area (Å²) in [7, 11) is 0.